The van der Waals surface area contributed by atoms with Gasteiger partial charge < -0.3 is 10.2 Å². The monoisotopic (exact) mass is 507 g/mol. The van der Waals surface area contributed by atoms with Gasteiger partial charge in [-0.25, -0.2) is 4.98 Å². The summed E-state index contributed by atoms with van der Waals surface area (Å²) in [4.78, 5) is 22.1. The van der Waals surface area contributed by atoms with E-state index in [2.05, 4.69) is 39.2 Å². The van der Waals surface area contributed by atoms with E-state index >= 15 is 0 Å². The number of nitrogens with one attached hydrogen (secondary N) is 1. The Bertz CT molecular complexity index is 1440. The van der Waals surface area contributed by atoms with Crippen LogP contribution in [0.5, 0.6) is 0 Å². The Balaban J connectivity index is 1.49. The molecular formula is C25H23Cl2N7O. The smallest absolute Gasteiger partial charge is 0.245 e. The number of amides is 1. The highest BCUT2D eigenvalue weighted by molar-refractivity contribution is 6.33. The maximum atomic E-state index is 12.8. The minimum absolute atomic E-state index is 0.0611. The van der Waals surface area contributed by atoms with Gasteiger partial charge in [-0.05, 0) is 50.2 Å². The normalized spacial score (nSPS) is 17.4. The molecule has 2 fully saturated rings. The van der Waals surface area contributed by atoms with E-state index in [0.717, 1.165) is 16.8 Å². The van der Waals surface area contributed by atoms with Crippen LogP contribution in [0.15, 0.2) is 54.7 Å². The minimum atomic E-state index is -0.553. The third-order valence-electron chi connectivity index (χ3n) is 6.87. The highest BCUT2D eigenvalue weighted by Crippen LogP contribution is 2.40. The van der Waals surface area contributed by atoms with Gasteiger partial charge in [-0.3, -0.25) is 14.3 Å². The van der Waals surface area contributed by atoms with Gasteiger partial charge in [0.1, 0.15) is 16.9 Å². The van der Waals surface area contributed by atoms with Crippen LogP contribution in [0.25, 0.3) is 28.1 Å². The lowest BCUT2D eigenvalue weighted by Gasteiger charge is -2.51. The molecule has 0 saturated carbocycles. The highest BCUT2D eigenvalue weighted by Gasteiger charge is 2.58. The number of halogens is 2. The molecule has 0 atom stereocenters. The van der Waals surface area contributed by atoms with Crippen molar-refractivity contribution in [3.63, 3.8) is 0 Å². The Morgan fingerprint density at radius 2 is 1.80 bits per heavy atom. The molecule has 10 heteroatoms. The number of anilines is 1. The SMILES string of the molecule is CC(C)N1CNC(=O)C12CN(c1nncc3c1nc(-c1ccccc1Cl)n3-c1ccc(Cl)cc1)C2. The van der Waals surface area contributed by atoms with Crippen molar-refractivity contribution in [1.29, 1.82) is 0 Å². The molecule has 2 aliphatic rings. The quantitative estimate of drug-likeness (QED) is 0.447. The van der Waals surface area contributed by atoms with Crippen LogP contribution in [0.1, 0.15) is 13.8 Å². The number of rotatable bonds is 4. The van der Waals surface area contributed by atoms with E-state index in [1.54, 1.807) is 6.20 Å². The number of hydrogen-bond acceptors (Lipinski definition) is 6. The molecule has 0 radical (unpaired) electrons. The average Bonchev–Trinajstić information content (AvgIpc) is 3.37. The lowest BCUT2D eigenvalue weighted by molar-refractivity contribution is -0.128. The second kappa shape index (κ2) is 8.19. The first-order chi connectivity index (χ1) is 16.9. The zero-order valence-corrected chi connectivity index (χ0v) is 20.8. The largest absolute Gasteiger partial charge is 0.348 e. The Morgan fingerprint density at radius 3 is 2.51 bits per heavy atom. The summed E-state index contributed by atoms with van der Waals surface area (Å²) in [5.74, 6) is 1.39. The molecule has 4 heterocycles. The van der Waals surface area contributed by atoms with E-state index in [1.807, 2.05) is 53.1 Å². The van der Waals surface area contributed by atoms with Gasteiger partial charge in [0, 0.05) is 35.4 Å². The van der Waals surface area contributed by atoms with E-state index < -0.39 is 5.54 Å². The van der Waals surface area contributed by atoms with Gasteiger partial charge >= 0.3 is 0 Å². The Kier molecular flexibility index (Phi) is 5.21. The Labute approximate surface area is 212 Å². The van der Waals surface area contributed by atoms with E-state index in [0.29, 0.717) is 47.0 Å². The van der Waals surface area contributed by atoms with E-state index in [9.17, 15) is 4.79 Å². The predicted octanol–water partition coefficient (Wildman–Crippen LogP) is 4.15. The summed E-state index contributed by atoms with van der Waals surface area (Å²) in [7, 11) is 0. The van der Waals surface area contributed by atoms with Crippen molar-refractivity contribution in [1.82, 2.24) is 30.0 Å². The topological polar surface area (TPSA) is 79.2 Å². The molecule has 1 amide bonds. The zero-order chi connectivity index (χ0) is 24.3. The van der Waals surface area contributed by atoms with Crippen molar-refractivity contribution < 1.29 is 4.79 Å². The van der Waals surface area contributed by atoms with E-state index in [1.165, 1.54) is 0 Å². The number of carbonyl (C=O) groups excluding carboxylic acids is 1. The molecule has 6 rings (SSSR count). The molecular weight excluding hydrogens is 485 g/mol. The molecule has 1 spiro atoms. The fraction of sp³-hybridized carbons (Fsp3) is 0.280. The van der Waals surface area contributed by atoms with E-state index in [-0.39, 0.29) is 11.9 Å². The molecule has 0 bridgehead atoms. The number of hydrogen-bond donors (Lipinski definition) is 1. The molecule has 2 aromatic heterocycles. The van der Waals surface area contributed by atoms with Crippen molar-refractivity contribution in [3.05, 3.63) is 64.8 Å². The molecule has 4 aromatic rings. The molecule has 0 unspecified atom stereocenters. The fourth-order valence-electron chi connectivity index (χ4n) is 5.13. The van der Waals surface area contributed by atoms with Crippen LogP contribution in [0.4, 0.5) is 5.82 Å². The Hall–Kier alpha value is -3.20. The average molecular weight is 508 g/mol. The van der Waals surface area contributed by atoms with Crippen LogP contribution in [-0.4, -0.2) is 61.9 Å². The van der Waals surface area contributed by atoms with Crippen LogP contribution in [-0.2, 0) is 4.79 Å². The first-order valence-corrected chi connectivity index (χ1v) is 12.2. The summed E-state index contributed by atoms with van der Waals surface area (Å²) in [6, 6.07) is 15.4. The number of aromatic nitrogens is 4. The van der Waals surface area contributed by atoms with Crippen molar-refractivity contribution in [3.8, 4) is 17.1 Å². The molecule has 2 aliphatic heterocycles. The van der Waals surface area contributed by atoms with Gasteiger partial charge in [0.05, 0.1) is 23.4 Å². The van der Waals surface area contributed by atoms with Crippen molar-refractivity contribution >= 4 is 46.0 Å². The highest BCUT2D eigenvalue weighted by atomic mass is 35.5. The molecule has 0 aliphatic carbocycles. The van der Waals surface area contributed by atoms with Crippen LogP contribution < -0.4 is 10.2 Å². The maximum absolute atomic E-state index is 12.8. The Morgan fingerprint density at radius 1 is 1.06 bits per heavy atom. The zero-order valence-electron chi connectivity index (χ0n) is 19.2. The number of carbonyl (C=O) groups is 1. The number of fused-ring (bicyclic) bond motifs is 1. The van der Waals surface area contributed by atoms with Crippen LogP contribution in [0.2, 0.25) is 10.0 Å². The standard InChI is InChI=1S/C25H23Cl2N7O/c1-15(2)33-14-28-24(35)25(33)12-32(13-25)23-21-20(11-29-31-23)34(17-9-7-16(26)8-10-17)22(30-21)18-5-3-4-6-19(18)27/h3-11,15H,12-14H2,1-2H3,(H,28,35). The van der Waals surface area contributed by atoms with Crippen LogP contribution >= 0.6 is 23.2 Å². The number of nitrogens with zero attached hydrogens (tertiary/aromatic N) is 6. The van der Waals surface area contributed by atoms with E-state index in [4.69, 9.17) is 28.2 Å². The fourth-order valence-corrected chi connectivity index (χ4v) is 5.48. The second-order valence-corrected chi connectivity index (χ2v) is 10.1. The van der Waals surface area contributed by atoms with Gasteiger partial charge in [-0.15, -0.1) is 5.10 Å². The summed E-state index contributed by atoms with van der Waals surface area (Å²) in [5, 5.41) is 13.0. The number of imidazole rings is 1. The van der Waals surface area contributed by atoms with Gasteiger partial charge in [-0.2, -0.15) is 5.10 Å². The summed E-state index contributed by atoms with van der Waals surface area (Å²) >= 11 is 12.7. The minimum Gasteiger partial charge on any atom is -0.348 e. The number of benzene rings is 2. The molecule has 178 valence electrons. The third-order valence-corrected chi connectivity index (χ3v) is 7.45. The summed E-state index contributed by atoms with van der Waals surface area (Å²) in [6.07, 6.45) is 1.71. The maximum Gasteiger partial charge on any atom is 0.245 e. The van der Waals surface area contributed by atoms with Crippen LogP contribution in [0.3, 0.4) is 0 Å². The van der Waals surface area contributed by atoms with Crippen LogP contribution in [0, 0.1) is 0 Å². The molecule has 8 nitrogen and oxygen atoms in total. The van der Waals surface area contributed by atoms with Crippen molar-refractivity contribution in [2.75, 3.05) is 24.7 Å². The summed E-state index contributed by atoms with van der Waals surface area (Å²) in [6.45, 7) is 5.83. The lowest BCUT2D eigenvalue weighted by atomic mass is 9.87. The van der Waals surface area contributed by atoms with Gasteiger partial charge in [0.15, 0.2) is 5.82 Å². The third kappa shape index (κ3) is 3.39. The molecule has 2 saturated heterocycles. The van der Waals surface area contributed by atoms with Gasteiger partial charge in [0.25, 0.3) is 0 Å². The van der Waals surface area contributed by atoms with Crippen molar-refractivity contribution in [2.24, 2.45) is 0 Å². The lowest BCUT2D eigenvalue weighted by Crippen LogP contribution is -2.72. The van der Waals surface area contributed by atoms with Gasteiger partial charge in [0.2, 0.25) is 5.91 Å². The first-order valence-electron chi connectivity index (χ1n) is 11.4. The first kappa shape index (κ1) is 22.3. The van der Waals surface area contributed by atoms with Crippen molar-refractivity contribution in [2.45, 2.75) is 25.4 Å². The molecule has 35 heavy (non-hydrogen) atoms. The predicted molar refractivity (Wildman–Crippen MR) is 137 cm³/mol. The molecule has 2 aromatic carbocycles. The summed E-state index contributed by atoms with van der Waals surface area (Å²) < 4.78 is 2.02. The van der Waals surface area contributed by atoms with Gasteiger partial charge in [-0.1, -0.05) is 35.3 Å². The summed E-state index contributed by atoms with van der Waals surface area (Å²) in [5.41, 5.74) is 2.63. The molecule has 1 N–H and O–H groups in total. The second-order valence-electron chi connectivity index (χ2n) is 9.24.